The lowest BCUT2D eigenvalue weighted by molar-refractivity contribution is -0.155. The Morgan fingerprint density at radius 2 is 1.82 bits per heavy atom. The lowest BCUT2D eigenvalue weighted by Gasteiger charge is -2.36. The third kappa shape index (κ3) is 12.2. The van der Waals surface area contributed by atoms with Gasteiger partial charge in [-0.3, -0.25) is 34.0 Å². The number of carbonyl (C=O) groups excluding carboxylic acids is 5. The molecule has 16 nitrogen and oxygen atoms in total. The van der Waals surface area contributed by atoms with Crippen LogP contribution in [0.4, 0.5) is 0 Å². The van der Waals surface area contributed by atoms with Gasteiger partial charge in [-0.15, -0.1) is 0 Å². The molecule has 3 aliphatic heterocycles. The summed E-state index contributed by atoms with van der Waals surface area (Å²) in [4.78, 5) is 80.1. The number of cyclic esters (lactones) is 1. The molecule has 0 saturated carbocycles. The molecule has 0 spiro atoms. The van der Waals surface area contributed by atoms with E-state index in [1.165, 1.54) is 5.01 Å². The fourth-order valence-corrected chi connectivity index (χ4v) is 10.3. The lowest BCUT2D eigenvalue weighted by Crippen LogP contribution is -2.61. The maximum Gasteiger partial charge on any atom is 0.324 e. The lowest BCUT2D eigenvalue weighted by atomic mass is 9.84. The van der Waals surface area contributed by atoms with Crippen molar-refractivity contribution in [3.8, 4) is 28.1 Å². The minimum atomic E-state index is -1.12. The fraction of sp³-hybridized carbons (Fsp3) is 0.527. The Morgan fingerprint density at radius 3 is 2.54 bits per heavy atom. The van der Waals surface area contributed by atoms with Crippen LogP contribution in [-0.2, 0) is 52.8 Å². The number of nitrogens with one attached hydrogen (secondary N) is 2. The van der Waals surface area contributed by atoms with Crippen LogP contribution in [0.1, 0.15) is 83.7 Å². The number of likely N-dealkylation sites (tertiary alicyclic amines) is 1. The number of methoxy groups -OCH3 is 1. The fourth-order valence-electron chi connectivity index (χ4n) is 10.3. The van der Waals surface area contributed by atoms with Gasteiger partial charge in [0.05, 0.1) is 35.9 Å². The number of amides is 4. The van der Waals surface area contributed by atoms with Gasteiger partial charge in [-0.25, -0.2) is 5.43 Å². The van der Waals surface area contributed by atoms with E-state index in [9.17, 15) is 29.1 Å². The van der Waals surface area contributed by atoms with E-state index in [-0.39, 0.29) is 49.2 Å². The van der Waals surface area contributed by atoms with Crippen LogP contribution in [0.15, 0.2) is 66.9 Å². The number of benzene rings is 2. The van der Waals surface area contributed by atoms with Crippen molar-refractivity contribution in [1.29, 1.82) is 0 Å². The molecule has 71 heavy (non-hydrogen) atoms. The highest BCUT2D eigenvalue weighted by atomic mass is 16.5. The van der Waals surface area contributed by atoms with Crippen LogP contribution in [0.25, 0.3) is 33.3 Å². The summed E-state index contributed by atoms with van der Waals surface area (Å²) in [6.45, 7) is 14.6. The number of phenols is 1. The first-order valence-corrected chi connectivity index (χ1v) is 25.1. The first kappa shape index (κ1) is 52.7. The molecule has 2 saturated heterocycles. The van der Waals surface area contributed by atoms with Crippen LogP contribution in [0, 0.1) is 23.2 Å². The Morgan fingerprint density at radius 1 is 1.04 bits per heavy atom. The number of likely N-dealkylation sites (N-methyl/N-ethyl adjacent to an activating group) is 1. The van der Waals surface area contributed by atoms with Crippen LogP contribution >= 0.6 is 0 Å². The molecule has 2 fully saturated rings. The van der Waals surface area contributed by atoms with Crippen molar-refractivity contribution in [1.82, 2.24) is 40.0 Å². The van der Waals surface area contributed by atoms with E-state index < -0.39 is 47.1 Å². The van der Waals surface area contributed by atoms with E-state index in [1.54, 1.807) is 54.4 Å². The Hall–Kier alpha value is -6.10. The van der Waals surface area contributed by atoms with E-state index in [0.717, 1.165) is 44.5 Å². The zero-order chi connectivity index (χ0) is 51.3. The van der Waals surface area contributed by atoms with Gasteiger partial charge >= 0.3 is 5.97 Å². The number of aromatic hydroxyl groups is 1. The first-order chi connectivity index (χ1) is 33.8. The van der Waals surface area contributed by atoms with Crippen LogP contribution in [-0.4, -0.2) is 144 Å². The molecule has 4 aromatic rings. The van der Waals surface area contributed by atoms with Gasteiger partial charge in [-0.1, -0.05) is 45.9 Å². The summed E-state index contributed by atoms with van der Waals surface area (Å²) in [5.74, 6) is -2.92. The van der Waals surface area contributed by atoms with Crippen molar-refractivity contribution in [3.05, 3.63) is 83.7 Å². The molecule has 7 rings (SSSR count). The highest BCUT2D eigenvalue weighted by Gasteiger charge is 2.38. The standard InChI is InChI=1S/C55H74N8O8/c1-11-62-47-19-18-37-29-42(47)43(50(62)41-15-12-21-56-49(41)35(4)70-10)30-55(5,6)33-71-54(69)45-16-13-23-63(58-45)53(68)46(27-36-25-39(37)28-40(64)26-36)57-51(66)44(34(2)3)32-60(9)52(67)38-20-24-61(31-38)48(65)17-14-22-59(7)8/h12,14-15,17-19,21,25-26,28-29,34-35,38,44-46,58,64H,11,13,16,20,22-24,27,30-33H2,1-10H3,(H,57,66)/b17-14+/t35-,38-,44?,45-,46-/m0/s1. The highest BCUT2D eigenvalue weighted by Crippen LogP contribution is 2.42. The minimum Gasteiger partial charge on any atom is -0.508 e. The minimum absolute atomic E-state index is 0.00196. The molecule has 382 valence electrons. The molecule has 5 heterocycles. The maximum absolute atomic E-state index is 14.8. The average Bonchev–Trinajstić information content (AvgIpc) is 3.96. The zero-order valence-electron chi connectivity index (χ0n) is 43.3. The average molecular weight is 975 g/mol. The first-order valence-electron chi connectivity index (χ1n) is 25.1. The highest BCUT2D eigenvalue weighted by molar-refractivity contribution is 5.96. The number of aryl methyl sites for hydroxylation is 1. The molecule has 2 aromatic carbocycles. The van der Waals surface area contributed by atoms with Crippen molar-refractivity contribution < 1.29 is 38.6 Å². The van der Waals surface area contributed by atoms with Gasteiger partial charge < -0.3 is 39.2 Å². The van der Waals surface area contributed by atoms with Crippen molar-refractivity contribution >= 4 is 40.5 Å². The van der Waals surface area contributed by atoms with Crippen molar-refractivity contribution in [3.63, 3.8) is 0 Å². The topological polar surface area (TPSA) is 179 Å². The van der Waals surface area contributed by atoms with E-state index in [4.69, 9.17) is 14.5 Å². The molecule has 4 amide bonds. The van der Waals surface area contributed by atoms with Gasteiger partial charge in [0.1, 0.15) is 17.8 Å². The Kier molecular flexibility index (Phi) is 16.7. The predicted octanol–water partition coefficient (Wildman–Crippen LogP) is 6.15. The Labute approximate surface area is 418 Å². The number of hydrazine groups is 1. The van der Waals surface area contributed by atoms with Crippen LogP contribution < -0.4 is 10.7 Å². The van der Waals surface area contributed by atoms with Gasteiger partial charge in [0.15, 0.2) is 0 Å². The summed E-state index contributed by atoms with van der Waals surface area (Å²) in [5, 5.41) is 16.9. The zero-order valence-corrected chi connectivity index (χ0v) is 43.3. The number of rotatable bonds is 13. The molecule has 0 radical (unpaired) electrons. The van der Waals surface area contributed by atoms with Crippen LogP contribution in [0.3, 0.4) is 0 Å². The number of carbonyl (C=O) groups is 5. The third-order valence-corrected chi connectivity index (χ3v) is 14.2. The largest absolute Gasteiger partial charge is 0.508 e. The summed E-state index contributed by atoms with van der Waals surface area (Å²) in [5.41, 5.74) is 9.63. The molecular formula is C55H74N8O8. The van der Waals surface area contributed by atoms with Crippen molar-refractivity contribution in [2.24, 2.45) is 23.2 Å². The van der Waals surface area contributed by atoms with E-state index >= 15 is 0 Å². The number of pyridine rings is 1. The Balaban J connectivity index is 1.23. The SMILES string of the molecule is CCn1c(-c2cccnc2[C@H](C)OC)c2c3cc(ccc31)-c1cc(O)cc(c1)C[C@H](NC(=O)C(CN(C)C(=O)[C@H]1CCN(C(=O)/C=C/CN(C)C)C1)C(C)C)C(=O)N1CCC[C@H](N1)C(=O)OCC(C)(C)C2. The number of ether oxygens (including phenoxy) is 2. The van der Waals surface area contributed by atoms with Crippen molar-refractivity contribution in [2.45, 2.75) is 98.4 Å². The molecule has 3 aliphatic rings. The van der Waals surface area contributed by atoms with Gasteiger partial charge in [-0.05, 0) is 118 Å². The summed E-state index contributed by atoms with van der Waals surface area (Å²) in [6, 6.07) is 13.6. The number of nitrogens with zero attached hydrogens (tertiary/aromatic N) is 6. The second kappa shape index (κ2) is 22.5. The van der Waals surface area contributed by atoms with Gasteiger partial charge in [0.2, 0.25) is 17.7 Å². The molecule has 16 heteroatoms. The summed E-state index contributed by atoms with van der Waals surface area (Å²) in [6.07, 6.45) is 6.91. The van der Waals surface area contributed by atoms with Gasteiger partial charge in [-0.2, -0.15) is 0 Å². The monoisotopic (exact) mass is 975 g/mol. The van der Waals surface area contributed by atoms with Gasteiger partial charge in [0, 0.05) is 94.0 Å². The molecular weight excluding hydrogens is 901 g/mol. The molecule has 1 unspecified atom stereocenters. The quantitative estimate of drug-likeness (QED) is 0.103. The van der Waals surface area contributed by atoms with E-state index in [2.05, 4.69) is 54.3 Å². The number of esters is 1. The summed E-state index contributed by atoms with van der Waals surface area (Å²) in [7, 11) is 7.20. The number of hydrogen-bond donors (Lipinski definition) is 3. The summed E-state index contributed by atoms with van der Waals surface area (Å²) < 4.78 is 14.2. The molecule has 5 atom stereocenters. The molecule has 3 N–H and O–H groups in total. The number of phenolic OH excluding ortho intramolecular Hbond substituents is 1. The Bertz CT molecular complexity index is 2640. The second-order valence-corrected chi connectivity index (χ2v) is 21.0. The number of hydrogen-bond acceptors (Lipinski definition) is 11. The number of aromatic nitrogens is 2. The van der Waals surface area contributed by atoms with Crippen molar-refractivity contribution in [2.75, 3.05) is 67.6 Å². The molecule has 0 aliphatic carbocycles. The molecule has 2 aromatic heterocycles. The second-order valence-electron chi connectivity index (χ2n) is 21.0. The van der Waals surface area contributed by atoms with Crippen LogP contribution in [0.5, 0.6) is 5.75 Å². The molecule has 6 bridgehead atoms. The van der Waals surface area contributed by atoms with Crippen LogP contribution in [0.2, 0.25) is 0 Å². The summed E-state index contributed by atoms with van der Waals surface area (Å²) >= 11 is 0. The van der Waals surface area contributed by atoms with E-state index in [1.807, 2.05) is 58.0 Å². The van der Waals surface area contributed by atoms with E-state index in [0.29, 0.717) is 64.0 Å². The predicted molar refractivity (Wildman–Crippen MR) is 274 cm³/mol. The normalized spacial score (nSPS) is 20.6. The maximum atomic E-state index is 14.8. The van der Waals surface area contributed by atoms with Gasteiger partial charge in [0.25, 0.3) is 5.91 Å². The number of fused-ring (bicyclic) bond motifs is 6. The smallest absolute Gasteiger partial charge is 0.324 e. The third-order valence-electron chi connectivity index (χ3n) is 14.2.